The van der Waals surface area contributed by atoms with Gasteiger partial charge in [0.2, 0.25) is 0 Å². The molecule has 0 saturated carbocycles. The van der Waals surface area contributed by atoms with Gasteiger partial charge in [-0.15, -0.1) is 0 Å². The molecule has 5 heteroatoms. The van der Waals surface area contributed by atoms with Crippen LogP contribution in [0.4, 0.5) is 0 Å². The Hall–Kier alpha value is -2.06. The molecule has 0 unspecified atom stereocenters. The first-order chi connectivity index (χ1) is 13.2. The van der Waals surface area contributed by atoms with Crippen molar-refractivity contribution in [1.82, 2.24) is 4.90 Å². The zero-order chi connectivity index (χ0) is 19.1. The van der Waals surface area contributed by atoms with Crippen LogP contribution in [0.25, 0.3) is 0 Å². The lowest BCUT2D eigenvalue weighted by atomic mass is 9.95. The van der Waals surface area contributed by atoms with Crippen LogP contribution in [0.1, 0.15) is 30.4 Å². The van der Waals surface area contributed by atoms with E-state index in [0.29, 0.717) is 28.9 Å². The maximum atomic E-state index is 10.5. The van der Waals surface area contributed by atoms with Crippen molar-refractivity contribution in [2.24, 2.45) is 0 Å². The van der Waals surface area contributed by atoms with Gasteiger partial charge < -0.3 is 9.84 Å². The van der Waals surface area contributed by atoms with Gasteiger partial charge >= 0.3 is 0 Å². The van der Waals surface area contributed by atoms with E-state index in [-0.39, 0.29) is 6.61 Å². The summed E-state index contributed by atoms with van der Waals surface area (Å²) in [6, 6.07) is 18.1. The highest BCUT2D eigenvalue weighted by atomic mass is 35.5. The van der Waals surface area contributed by atoms with E-state index in [9.17, 15) is 10.4 Å². The van der Waals surface area contributed by atoms with Crippen LogP contribution >= 0.6 is 11.6 Å². The smallest absolute Gasteiger partial charge is 0.138 e. The maximum Gasteiger partial charge on any atom is 0.138 e. The summed E-state index contributed by atoms with van der Waals surface area (Å²) < 4.78 is 5.68. The highest BCUT2D eigenvalue weighted by Gasteiger charge is 2.25. The molecule has 1 aliphatic rings. The normalized spacial score (nSPS) is 18.6. The van der Waals surface area contributed by atoms with Gasteiger partial charge in [0.1, 0.15) is 30.1 Å². The average molecular weight is 385 g/mol. The molecule has 0 bridgehead atoms. The van der Waals surface area contributed by atoms with Gasteiger partial charge in [0.15, 0.2) is 0 Å². The second kappa shape index (κ2) is 9.75. The van der Waals surface area contributed by atoms with E-state index in [1.54, 1.807) is 18.2 Å². The molecule has 0 spiro atoms. The zero-order valence-electron chi connectivity index (χ0n) is 15.4. The number of likely N-dealkylation sites (tertiary alicyclic amines) is 1. The minimum absolute atomic E-state index is 0.142. The van der Waals surface area contributed by atoms with E-state index in [2.05, 4.69) is 35.2 Å². The van der Waals surface area contributed by atoms with E-state index in [1.807, 2.05) is 6.07 Å². The minimum atomic E-state index is -0.619. The van der Waals surface area contributed by atoms with E-state index < -0.39 is 6.10 Å². The molecule has 2 aromatic carbocycles. The van der Waals surface area contributed by atoms with Crippen LogP contribution in [0.3, 0.4) is 0 Å². The van der Waals surface area contributed by atoms with Crippen molar-refractivity contribution in [3.05, 3.63) is 64.7 Å². The topological polar surface area (TPSA) is 56.5 Å². The van der Waals surface area contributed by atoms with E-state index in [4.69, 9.17) is 16.3 Å². The molecule has 1 saturated heterocycles. The summed E-state index contributed by atoms with van der Waals surface area (Å²) in [6.07, 6.45) is 3.92. The van der Waals surface area contributed by atoms with Crippen LogP contribution in [0, 0.1) is 11.3 Å². The molecule has 1 N–H and O–H groups in total. The van der Waals surface area contributed by atoms with Crippen molar-refractivity contribution in [1.29, 1.82) is 5.26 Å². The van der Waals surface area contributed by atoms with Gasteiger partial charge in [-0.2, -0.15) is 5.26 Å². The molecule has 4 nitrogen and oxygen atoms in total. The second-order valence-corrected chi connectivity index (χ2v) is 7.43. The number of hydrogen-bond donors (Lipinski definition) is 1. The van der Waals surface area contributed by atoms with E-state index >= 15 is 0 Å². The number of nitrogens with zero attached hydrogens (tertiary/aromatic N) is 2. The lowest BCUT2D eigenvalue weighted by molar-refractivity contribution is 0.0396. The van der Waals surface area contributed by atoms with Crippen molar-refractivity contribution >= 4 is 11.6 Å². The third-order valence-electron chi connectivity index (χ3n) is 5.03. The van der Waals surface area contributed by atoms with Gasteiger partial charge in [-0.05, 0) is 43.5 Å². The van der Waals surface area contributed by atoms with Crippen LogP contribution in [-0.4, -0.2) is 41.8 Å². The summed E-state index contributed by atoms with van der Waals surface area (Å²) in [7, 11) is 0. The first-order valence-corrected chi connectivity index (χ1v) is 9.82. The molecular formula is C22H25ClN2O2. The van der Waals surface area contributed by atoms with Crippen molar-refractivity contribution in [3.8, 4) is 11.8 Å². The summed E-state index contributed by atoms with van der Waals surface area (Å²) in [6.45, 7) is 1.71. The molecule has 142 valence electrons. The van der Waals surface area contributed by atoms with Crippen LogP contribution in [0.5, 0.6) is 5.75 Å². The first-order valence-electron chi connectivity index (χ1n) is 9.45. The van der Waals surface area contributed by atoms with Gasteiger partial charge in [-0.3, -0.25) is 4.90 Å². The van der Waals surface area contributed by atoms with Crippen LogP contribution in [0.15, 0.2) is 48.5 Å². The number of halogens is 1. The van der Waals surface area contributed by atoms with Crippen molar-refractivity contribution in [3.63, 3.8) is 0 Å². The molecule has 0 amide bonds. The molecule has 3 rings (SSSR count). The SMILES string of the molecule is N#Cc1c(Cl)cccc1OC[C@H](O)CN1CCCC[C@H]1Cc1ccccc1. The number of hydrogen-bond acceptors (Lipinski definition) is 4. The summed E-state index contributed by atoms with van der Waals surface area (Å²) in [5.74, 6) is 0.420. The average Bonchev–Trinajstić information content (AvgIpc) is 2.69. The summed E-state index contributed by atoms with van der Waals surface area (Å²) in [5.41, 5.74) is 1.64. The number of rotatable bonds is 7. The van der Waals surface area contributed by atoms with Crippen molar-refractivity contribution in [2.75, 3.05) is 19.7 Å². The van der Waals surface area contributed by atoms with E-state index in [1.165, 1.54) is 12.0 Å². The predicted molar refractivity (Wildman–Crippen MR) is 107 cm³/mol. The van der Waals surface area contributed by atoms with Crippen LogP contribution in [0.2, 0.25) is 5.02 Å². The minimum Gasteiger partial charge on any atom is -0.489 e. The molecule has 2 aromatic rings. The zero-order valence-corrected chi connectivity index (χ0v) is 16.1. The number of β-amino-alcohol motifs (C(OH)–C–C–N with tert-alkyl or cyclic N) is 1. The number of aliphatic hydroxyl groups is 1. The fourth-order valence-electron chi connectivity index (χ4n) is 3.66. The Bertz CT molecular complexity index is 776. The molecule has 1 heterocycles. The molecule has 0 aliphatic carbocycles. The molecule has 1 aliphatic heterocycles. The lowest BCUT2D eigenvalue weighted by Crippen LogP contribution is -2.46. The first kappa shape index (κ1) is 19.7. The molecule has 0 aromatic heterocycles. The monoisotopic (exact) mass is 384 g/mol. The highest BCUT2D eigenvalue weighted by molar-refractivity contribution is 6.31. The Labute approximate surface area is 165 Å². The standard InChI is InChI=1S/C22H25ClN2O2/c23-21-10-6-11-22(20(21)14-24)27-16-19(26)15-25-12-5-4-9-18(25)13-17-7-2-1-3-8-17/h1-3,6-8,10-11,18-19,26H,4-5,9,12-13,15-16H2/t18-,19+/m0/s1. The fourth-order valence-corrected chi connectivity index (χ4v) is 3.87. The Balaban J connectivity index is 1.56. The number of aliphatic hydroxyl groups excluding tert-OH is 1. The van der Waals surface area contributed by atoms with Crippen LogP contribution in [-0.2, 0) is 6.42 Å². The van der Waals surface area contributed by atoms with Crippen molar-refractivity contribution in [2.45, 2.75) is 37.8 Å². The summed E-state index contributed by atoms with van der Waals surface area (Å²) in [5, 5.41) is 20.1. The quantitative estimate of drug-likeness (QED) is 0.782. The Morgan fingerprint density at radius 1 is 1.19 bits per heavy atom. The maximum absolute atomic E-state index is 10.5. The number of nitriles is 1. The van der Waals surface area contributed by atoms with Gasteiger partial charge in [0.05, 0.1) is 5.02 Å². The third-order valence-corrected chi connectivity index (χ3v) is 5.34. The Morgan fingerprint density at radius 3 is 2.78 bits per heavy atom. The fraction of sp³-hybridized carbons (Fsp3) is 0.409. The van der Waals surface area contributed by atoms with E-state index in [0.717, 1.165) is 25.8 Å². The number of ether oxygens (including phenoxy) is 1. The molecule has 0 radical (unpaired) electrons. The van der Waals surface area contributed by atoms with Gasteiger partial charge in [0, 0.05) is 12.6 Å². The Morgan fingerprint density at radius 2 is 2.00 bits per heavy atom. The van der Waals surface area contributed by atoms with Gasteiger partial charge in [-0.1, -0.05) is 54.4 Å². The predicted octanol–water partition coefficient (Wildman–Crippen LogP) is 4.05. The molecule has 1 fully saturated rings. The lowest BCUT2D eigenvalue weighted by Gasteiger charge is -2.37. The molecular weight excluding hydrogens is 360 g/mol. The van der Waals surface area contributed by atoms with Crippen LogP contribution < -0.4 is 4.74 Å². The molecule has 27 heavy (non-hydrogen) atoms. The largest absolute Gasteiger partial charge is 0.489 e. The Kier molecular flexibility index (Phi) is 7.11. The number of piperidine rings is 1. The van der Waals surface area contributed by atoms with Crippen molar-refractivity contribution < 1.29 is 9.84 Å². The molecule has 2 atom stereocenters. The highest BCUT2D eigenvalue weighted by Crippen LogP contribution is 2.26. The van der Waals surface area contributed by atoms with Gasteiger partial charge in [0.25, 0.3) is 0 Å². The summed E-state index contributed by atoms with van der Waals surface area (Å²) in [4.78, 5) is 2.37. The second-order valence-electron chi connectivity index (χ2n) is 7.02. The van der Waals surface area contributed by atoms with Gasteiger partial charge in [-0.25, -0.2) is 0 Å². The summed E-state index contributed by atoms with van der Waals surface area (Å²) >= 11 is 6.02. The third kappa shape index (κ3) is 5.46. The number of benzene rings is 2.